The van der Waals surface area contributed by atoms with Gasteiger partial charge in [0.05, 0.1) is 6.26 Å². The summed E-state index contributed by atoms with van der Waals surface area (Å²) >= 11 is 0. The van der Waals surface area contributed by atoms with Crippen LogP contribution >= 0.6 is 24.0 Å². The molecule has 2 aliphatic heterocycles. The second-order valence-corrected chi connectivity index (χ2v) is 10.6. The summed E-state index contributed by atoms with van der Waals surface area (Å²) in [6, 6.07) is 11.3. The van der Waals surface area contributed by atoms with E-state index >= 15 is 0 Å². The van der Waals surface area contributed by atoms with Crippen LogP contribution in [0.3, 0.4) is 0 Å². The van der Waals surface area contributed by atoms with Gasteiger partial charge in [-0.15, -0.1) is 24.0 Å². The minimum Gasteiger partial charge on any atom is -0.357 e. The topological polar surface area (TPSA) is 68.2 Å². The highest BCUT2D eigenvalue weighted by Crippen LogP contribution is 2.25. The number of sulfonamides is 1. The molecule has 2 saturated heterocycles. The van der Waals surface area contributed by atoms with Crippen LogP contribution in [0.2, 0.25) is 0 Å². The molecule has 3 rings (SSSR count). The predicted octanol–water partition coefficient (Wildman–Crippen LogP) is 3.01. The van der Waals surface area contributed by atoms with Gasteiger partial charge in [-0.05, 0) is 37.7 Å². The normalized spacial score (nSPS) is 20.6. The molecular weight excluding hydrogens is 537 g/mol. The number of piperazine rings is 1. The van der Waals surface area contributed by atoms with E-state index in [1.54, 1.807) is 4.31 Å². The number of halogens is 1. The Balaban J connectivity index is 0.00000363. The van der Waals surface area contributed by atoms with Crippen molar-refractivity contribution in [3.63, 3.8) is 0 Å². The van der Waals surface area contributed by atoms with Gasteiger partial charge in [0.25, 0.3) is 0 Å². The fraction of sp³-hybridized carbons (Fsp3) is 0.696. The van der Waals surface area contributed by atoms with Gasteiger partial charge in [0.15, 0.2) is 5.96 Å². The Hall–Kier alpha value is -0.910. The molecule has 32 heavy (non-hydrogen) atoms. The van der Waals surface area contributed by atoms with E-state index < -0.39 is 10.0 Å². The summed E-state index contributed by atoms with van der Waals surface area (Å²) in [6.45, 7) is 11.2. The summed E-state index contributed by atoms with van der Waals surface area (Å²) in [5, 5.41) is 3.47. The minimum absolute atomic E-state index is 0. The summed E-state index contributed by atoms with van der Waals surface area (Å²) in [5.41, 5.74) is 1.40. The Bertz CT molecular complexity index is 805. The summed E-state index contributed by atoms with van der Waals surface area (Å²) in [4.78, 5) is 9.91. The molecule has 0 bridgehead atoms. The van der Waals surface area contributed by atoms with Gasteiger partial charge >= 0.3 is 0 Å². The van der Waals surface area contributed by atoms with E-state index in [0.717, 1.165) is 64.5 Å². The van der Waals surface area contributed by atoms with E-state index in [2.05, 4.69) is 59.3 Å². The molecule has 0 radical (unpaired) electrons. The zero-order valence-corrected chi connectivity index (χ0v) is 22.9. The summed E-state index contributed by atoms with van der Waals surface area (Å²) < 4.78 is 25.0. The lowest BCUT2D eigenvalue weighted by Gasteiger charge is -2.40. The number of benzene rings is 1. The Kier molecular flexibility index (Phi) is 11.2. The van der Waals surface area contributed by atoms with Crippen LogP contribution in [-0.4, -0.2) is 87.1 Å². The van der Waals surface area contributed by atoms with Crippen molar-refractivity contribution in [1.82, 2.24) is 19.4 Å². The highest BCUT2D eigenvalue weighted by Gasteiger charge is 2.27. The van der Waals surface area contributed by atoms with Crippen LogP contribution in [-0.2, 0) is 10.0 Å². The van der Waals surface area contributed by atoms with Crippen molar-refractivity contribution >= 4 is 40.0 Å². The van der Waals surface area contributed by atoms with Crippen molar-refractivity contribution in [1.29, 1.82) is 0 Å². The van der Waals surface area contributed by atoms with E-state index in [9.17, 15) is 8.42 Å². The monoisotopic (exact) mass is 577 g/mol. The molecule has 7 nitrogen and oxygen atoms in total. The first kappa shape index (κ1) is 27.3. The summed E-state index contributed by atoms with van der Waals surface area (Å²) in [6.07, 6.45) is 4.19. The standard InChI is InChI=1S/C23H39N5O2S.HI/c1-4-22(21-9-7-6-8-10-21)26-15-17-27(18-16-26)23(24-5-2)25-19-20-11-13-28(14-12-20)31(3,29)30;/h6-10,20,22H,4-5,11-19H2,1-3H3,(H,24,25);1H. The van der Waals surface area contributed by atoms with Crippen LogP contribution < -0.4 is 5.32 Å². The summed E-state index contributed by atoms with van der Waals surface area (Å²) in [5.74, 6) is 1.45. The molecule has 9 heteroatoms. The minimum atomic E-state index is -3.07. The number of aliphatic imine (C=N–C) groups is 1. The van der Waals surface area contributed by atoms with E-state index in [1.807, 2.05) is 0 Å². The van der Waals surface area contributed by atoms with E-state index in [0.29, 0.717) is 25.0 Å². The molecular formula is C23H40IN5O2S. The molecule has 0 spiro atoms. The molecule has 1 aromatic rings. The molecule has 0 aromatic heterocycles. The second kappa shape index (κ2) is 13.1. The third kappa shape index (κ3) is 7.56. The van der Waals surface area contributed by atoms with Gasteiger partial charge in [0, 0.05) is 58.4 Å². The number of nitrogens with zero attached hydrogens (tertiary/aromatic N) is 4. The molecule has 1 unspecified atom stereocenters. The lowest BCUT2D eigenvalue weighted by molar-refractivity contribution is 0.126. The van der Waals surface area contributed by atoms with Crippen LogP contribution in [0.1, 0.15) is 44.7 Å². The summed E-state index contributed by atoms with van der Waals surface area (Å²) in [7, 11) is -3.07. The van der Waals surface area contributed by atoms with Gasteiger partial charge in [0.2, 0.25) is 10.0 Å². The van der Waals surface area contributed by atoms with E-state index in [-0.39, 0.29) is 24.0 Å². The molecule has 0 amide bonds. The molecule has 1 aromatic carbocycles. The number of guanidine groups is 1. The van der Waals surface area contributed by atoms with Crippen molar-refractivity contribution in [2.45, 2.75) is 39.2 Å². The van der Waals surface area contributed by atoms with E-state index in [4.69, 9.17) is 4.99 Å². The maximum Gasteiger partial charge on any atom is 0.211 e. The van der Waals surface area contributed by atoms with Gasteiger partial charge in [0.1, 0.15) is 0 Å². The predicted molar refractivity (Wildman–Crippen MR) is 143 cm³/mol. The Morgan fingerprint density at radius 3 is 2.22 bits per heavy atom. The van der Waals surface area contributed by atoms with Gasteiger partial charge < -0.3 is 10.2 Å². The Morgan fingerprint density at radius 2 is 1.69 bits per heavy atom. The van der Waals surface area contributed by atoms with Crippen molar-refractivity contribution in [2.75, 3.05) is 58.6 Å². The van der Waals surface area contributed by atoms with Gasteiger partial charge in [-0.2, -0.15) is 0 Å². The Labute approximate surface area is 211 Å². The average molecular weight is 578 g/mol. The quantitative estimate of drug-likeness (QED) is 0.307. The highest BCUT2D eigenvalue weighted by molar-refractivity contribution is 14.0. The number of hydrogen-bond donors (Lipinski definition) is 1. The van der Waals surface area contributed by atoms with Crippen LogP contribution in [0.5, 0.6) is 0 Å². The van der Waals surface area contributed by atoms with Crippen molar-refractivity contribution in [3.8, 4) is 0 Å². The number of nitrogens with one attached hydrogen (secondary N) is 1. The highest BCUT2D eigenvalue weighted by atomic mass is 127. The molecule has 2 heterocycles. The Morgan fingerprint density at radius 1 is 1.06 bits per heavy atom. The third-order valence-corrected chi connectivity index (χ3v) is 7.81. The molecule has 2 fully saturated rings. The molecule has 182 valence electrons. The van der Waals surface area contributed by atoms with Gasteiger partial charge in [-0.25, -0.2) is 12.7 Å². The average Bonchev–Trinajstić information content (AvgIpc) is 2.78. The molecule has 0 saturated carbocycles. The lowest BCUT2D eigenvalue weighted by Crippen LogP contribution is -2.53. The third-order valence-electron chi connectivity index (χ3n) is 6.50. The van der Waals surface area contributed by atoms with Gasteiger partial charge in [-0.3, -0.25) is 9.89 Å². The lowest BCUT2D eigenvalue weighted by atomic mass is 9.98. The first-order valence-electron chi connectivity index (χ1n) is 11.7. The SMILES string of the molecule is CCNC(=NCC1CCN(S(C)(=O)=O)CC1)N1CCN(C(CC)c2ccccc2)CC1.I. The smallest absolute Gasteiger partial charge is 0.211 e. The second-order valence-electron chi connectivity index (χ2n) is 8.66. The zero-order valence-electron chi connectivity index (χ0n) is 19.7. The van der Waals surface area contributed by atoms with Gasteiger partial charge in [-0.1, -0.05) is 37.3 Å². The van der Waals surface area contributed by atoms with Crippen molar-refractivity contribution in [2.24, 2.45) is 10.9 Å². The van der Waals surface area contributed by atoms with Crippen molar-refractivity contribution in [3.05, 3.63) is 35.9 Å². The maximum absolute atomic E-state index is 11.7. The first-order valence-corrected chi connectivity index (χ1v) is 13.5. The molecule has 2 aliphatic rings. The van der Waals surface area contributed by atoms with Crippen LogP contribution in [0, 0.1) is 5.92 Å². The van der Waals surface area contributed by atoms with Crippen LogP contribution in [0.4, 0.5) is 0 Å². The van der Waals surface area contributed by atoms with Crippen LogP contribution in [0.15, 0.2) is 35.3 Å². The first-order chi connectivity index (χ1) is 14.9. The van der Waals surface area contributed by atoms with Crippen molar-refractivity contribution < 1.29 is 8.42 Å². The number of rotatable bonds is 7. The number of piperidine rings is 1. The largest absolute Gasteiger partial charge is 0.357 e. The van der Waals surface area contributed by atoms with E-state index in [1.165, 1.54) is 11.8 Å². The maximum atomic E-state index is 11.7. The van der Waals surface area contributed by atoms with Crippen LogP contribution in [0.25, 0.3) is 0 Å². The fourth-order valence-corrected chi connectivity index (χ4v) is 5.56. The molecule has 1 atom stereocenters. The number of hydrogen-bond acceptors (Lipinski definition) is 4. The molecule has 0 aliphatic carbocycles. The molecule has 1 N–H and O–H groups in total. The zero-order chi connectivity index (χ0) is 22.3. The fourth-order valence-electron chi connectivity index (χ4n) is 4.69.